The number of aromatic nitrogens is 1. The molecule has 1 atom stereocenters. The van der Waals surface area contributed by atoms with Crippen LogP contribution in [0.3, 0.4) is 0 Å². The minimum Gasteiger partial charge on any atom is -0.352 e. The van der Waals surface area contributed by atoms with Gasteiger partial charge in [0.1, 0.15) is 0 Å². The van der Waals surface area contributed by atoms with Gasteiger partial charge in [-0.05, 0) is 26.7 Å². The van der Waals surface area contributed by atoms with Crippen molar-refractivity contribution < 1.29 is 4.79 Å². The van der Waals surface area contributed by atoms with Crippen LogP contribution in [-0.2, 0) is 11.2 Å². The summed E-state index contributed by atoms with van der Waals surface area (Å²) in [5.41, 5.74) is 1.11. The second kappa shape index (κ2) is 7.74. The van der Waals surface area contributed by atoms with E-state index in [0.29, 0.717) is 6.04 Å². The summed E-state index contributed by atoms with van der Waals surface area (Å²) in [5.74, 6) is 0.131. The monoisotopic (exact) mass is 295 g/mol. The number of thiazole rings is 1. The second-order valence-corrected chi connectivity index (χ2v) is 6.69. The van der Waals surface area contributed by atoms with Crippen molar-refractivity contribution in [2.24, 2.45) is 0 Å². The highest BCUT2D eigenvalue weighted by atomic mass is 32.1. The molecular formula is C15H25N3OS. The maximum atomic E-state index is 12.1. The molecule has 2 rings (SSSR count). The van der Waals surface area contributed by atoms with Gasteiger partial charge in [0.25, 0.3) is 0 Å². The highest BCUT2D eigenvalue weighted by Gasteiger charge is 2.19. The molecule has 0 aromatic carbocycles. The van der Waals surface area contributed by atoms with Gasteiger partial charge in [-0.25, -0.2) is 4.98 Å². The fraction of sp³-hybridized carbons (Fsp3) is 0.733. The number of carbonyl (C=O) groups excluding carboxylic acids is 1. The molecule has 112 valence electrons. The lowest BCUT2D eigenvalue weighted by Crippen LogP contribution is -2.47. The van der Waals surface area contributed by atoms with Crippen LogP contribution in [0.2, 0.25) is 0 Å². The molecule has 1 fully saturated rings. The van der Waals surface area contributed by atoms with Crippen molar-refractivity contribution >= 4 is 17.2 Å². The van der Waals surface area contributed by atoms with Crippen molar-refractivity contribution in [3.8, 4) is 0 Å². The molecule has 0 saturated heterocycles. The van der Waals surface area contributed by atoms with Gasteiger partial charge >= 0.3 is 0 Å². The SMILES string of the molecule is Cc1nc(CCNC(C)C(=O)NC2CCCCC2)cs1. The predicted molar refractivity (Wildman–Crippen MR) is 83.0 cm³/mol. The minimum absolute atomic E-state index is 0.128. The summed E-state index contributed by atoms with van der Waals surface area (Å²) in [6.45, 7) is 4.74. The summed E-state index contributed by atoms with van der Waals surface area (Å²) < 4.78 is 0. The average molecular weight is 295 g/mol. The molecule has 5 heteroatoms. The Bertz CT molecular complexity index is 427. The summed E-state index contributed by atoms with van der Waals surface area (Å²) in [5, 5.41) is 9.63. The van der Waals surface area contributed by atoms with Crippen molar-refractivity contribution in [2.75, 3.05) is 6.54 Å². The first-order valence-electron chi connectivity index (χ1n) is 7.60. The number of carbonyl (C=O) groups is 1. The smallest absolute Gasteiger partial charge is 0.237 e. The van der Waals surface area contributed by atoms with E-state index in [9.17, 15) is 4.79 Å². The zero-order valence-corrected chi connectivity index (χ0v) is 13.3. The van der Waals surface area contributed by atoms with Crippen LogP contribution >= 0.6 is 11.3 Å². The van der Waals surface area contributed by atoms with Crippen LogP contribution in [-0.4, -0.2) is 29.5 Å². The van der Waals surface area contributed by atoms with Gasteiger partial charge in [-0.3, -0.25) is 4.79 Å². The average Bonchev–Trinajstić information content (AvgIpc) is 2.85. The number of hydrogen-bond acceptors (Lipinski definition) is 4. The Labute approximate surface area is 125 Å². The molecule has 20 heavy (non-hydrogen) atoms. The third-order valence-corrected chi connectivity index (χ3v) is 4.67. The zero-order chi connectivity index (χ0) is 14.4. The Morgan fingerprint density at radius 3 is 2.85 bits per heavy atom. The summed E-state index contributed by atoms with van der Waals surface area (Å²) in [7, 11) is 0. The van der Waals surface area contributed by atoms with Gasteiger partial charge in [0.05, 0.1) is 16.7 Å². The van der Waals surface area contributed by atoms with E-state index >= 15 is 0 Å². The van der Waals surface area contributed by atoms with Gasteiger partial charge in [0.15, 0.2) is 0 Å². The van der Waals surface area contributed by atoms with Gasteiger partial charge in [-0.2, -0.15) is 0 Å². The Kier molecular flexibility index (Phi) is 5.98. The predicted octanol–water partition coefficient (Wildman–Crippen LogP) is 2.42. The van der Waals surface area contributed by atoms with E-state index in [1.54, 1.807) is 11.3 Å². The summed E-state index contributed by atoms with van der Waals surface area (Å²) >= 11 is 1.67. The van der Waals surface area contributed by atoms with Gasteiger partial charge < -0.3 is 10.6 Å². The molecule has 0 bridgehead atoms. The summed E-state index contributed by atoms with van der Waals surface area (Å²) in [6.07, 6.45) is 6.96. The largest absolute Gasteiger partial charge is 0.352 e. The Hall–Kier alpha value is -0.940. The molecule has 1 aromatic heterocycles. The van der Waals surface area contributed by atoms with Gasteiger partial charge in [0.2, 0.25) is 5.91 Å². The van der Waals surface area contributed by atoms with Crippen molar-refractivity contribution in [2.45, 2.75) is 64.5 Å². The third-order valence-electron chi connectivity index (χ3n) is 3.84. The topological polar surface area (TPSA) is 54.0 Å². The molecule has 1 amide bonds. The molecule has 4 nitrogen and oxygen atoms in total. The first-order chi connectivity index (χ1) is 9.65. The number of rotatable bonds is 6. The van der Waals surface area contributed by atoms with Crippen molar-refractivity contribution in [3.63, 3.8) is 0 Å². The number of hydrogen-bond donors (Lipinski definition) is 2. The van der Waals surface area contributed by atoms with Crippen LogP contribution < -0.4 is 10.6 Å². The maximum Gasteiger partial charge on any atom is 0.237 e. The van der Waals surface area contributed by atoms with Crippen molar-refractivity contribution in [1.82, 2.24) is 15.6 Å². The maximum absolute atomic E-state index is 12.1. The standard InChI is InChI=1S/C15H25N3OS/c1-11(15(19)18-13-6-4-3-5-7-13)16-9-8-14-10-20-12(2)17-14/h10-11,13,16H,3-9H2,1-2H3,(H,18,19). The minimum atomic E-state index is -0.128. The number of amides is 1. The molecule has 0 radical (unpaired) electrons. The van der Waals surface area contributed by atoms with E-state index in [2.05, 4.69) is 21.0 Å². The fourth-order valence-corrected chi connectivity index (χ4v) is 3.25. The Balaban J connectivity index is 1.65. The molecule has 0 aliphatic heterocycles. The molecule has 1 aliphatic rings. The van der Waals surface area contributed by atoms with Gasteiger partial charge in [0, 0.05) is 24.4 Å². The number of aryl methyl sites for hydroxylation is 1. The van der Waals surface area contributed by atoms with E-state index in [-0.39, 0.29) is 11.9 Å². The fourth-order valence-electron chi connectivity index (χ4n) is 2.61. The van der Waals surface area contributed by atoms with E-state index in [0.717, 1.165) is 36.5 Å². The first-order valence-corrected chi connectivity index (χ1v) is 8.48. The van der Waals surface area contributed by atoms with E-state index in [1.807, 2.05) is 13.8 Å². The first kappa shape index (κ1) is 15.4. The quantitative estimate of drug-likeness (QED) is 0.847. The van der Waals surface area contributed by atoms with Gasteiger partial charge in [-0.15, -0.1) is 11.3 Å². The van der Waals surface area contributed by atoms with Crippen LogP contribution in [0.1, 0.15) is 49.7 Å². The highest BCUT2D eigenvalue weighted by molar-refractivity contribution is 7.09. The van der Waals surface area contributed by atoms with Crippen molar-refractivity contribution in [3.05, 3.63) is 16.1 Å². The lowest BCUT2D eigenvalue weighted by molar-refractivity contribution is -0.123. The molecule has 1 saturated carbocycles. The molecule has 1 unspecified atom stereocenters. The molecule has 2 N–H and O–H groups in total. The van der Waals surface area contributed by atoms with Crippen molar-refractivity contribution in [1.29, 1.82) is 0 Å². The molecule has 0 spiro atoms. The van der Waals surface area contributed by atoms with Gasteiger partial charge in [-0.1, -0.05) is 19.3 Å². The van der Waals surface area contributed by atoms with Crippen LogP contribution in [0.4, 0.5) is 0 Å². The second-order valence-electron chi connectivity index (χ2n) is 5.63. The van der Waals surface area contributed by atoms with E-state index < -0.39 is 0 Å². The van der Waals surface area contributed by atoms with Crippen LogP contribution in [0.15, 0.2) is 5.38 Å². The van der Waals surface area contributed by atoms with Crippen LogP contribution in [0, 0.1) is 6.92 Å². The molecular weight excluding hydrogens is 270 g/mol. The van der Waals surface area contributed by atoms with E-state index in [1.165, 1.54) is 19.3 Å². The normalized spacial score (nSPS) is 17.9. The lowest BCUT2D eigenvalue weighted by Gasteiger charge is -2.24. The number of nitrogens with zero attached hydrogens (tertiary/aromatic N) is 1. The Morgan fingerprint density at radius 1 is 1.45 bits per heavy atom. The summed E-state index contributed by atoms with van der Waals surface area (Å²) in [4.78, 5) is 16.5. The molecule has 1 aliphatic carbocycles. The number of nitrogens with one attached hydrogen (secondary N) is 2. The van der Waals surface area contributed by atoms with Crippen LogP contribution in [0.5, 0.6) is 0 Å². The summed E-state index contributed by atoms with van der Waals surface area (Å²) in [6, 6.07) is 0.262. The highest BCUT2D eigenvalue weighted by Crippen LogP contribution is 2.17. The van der Waals surface area contributed by atoms with E-state index in [4.69, 9.17) is 0 Å². The van der Waals surface area contributed by atoms with Crippen LogP contribution in [0.25, 0.3) is 0 Å². The molecule has 1 aromatic rings. The zero-order valence-electron chi connectivity index (χ0n) is 12.4. The lowest BCUT2D eigenvalue weighted by atomic mass is 9.95. The third kappa shape index (κ3) is 4.87. The molecule has 1 heterocycles. The Morgan fingerprint density at radius 2 is 2.20 bits per heavy atom.